The van der Waals surface area contributed by atoms with Crippen LogP contribution in [0, 0.1) is 0 Å². The summed E-state index contributed by atoms with van der Waals surface area (Å²) < 4.78 is 19.2. The molecule has 8 aromatic carbocycles. The molecule has 2 aliphatic rings. The number of pyridine rings is 1. The summed E-state index contributed by atoms with van der Waals surface area (Å²) in [5, 5.41) is 4.98. The third-order valence-corrected chi connectivity index (χ3v) is 15.6. The first-order valence-electron chi connectivity index (χ1n) is 19.8. The molecule has 0 fully saturated rings. The Morgan fingerprint density at radius 2 is 1.00 bits per heavy atom. The van der Waals surface area contributed by atoms with Gasteiger partial charge in [0.1, 0.15) is 0 Å². The van der Waals surface area contributed by atoms with Crippen molar-refractivity contribution >= 4 is 44.9 Å². The average molecular weight is 759 g/mol. The maximum absolute atomic E-state index is 16.8. The zero-order valence-corrected chi connectivity index (χ0v) is 32.4. The molecule has 0 amide bonds. The number of hydrogen-bond acceptors (Lipinski definition) is 2. The van der Waals surface area contributed by atoms with Crippen molar-refractivity contribution in [1.82, 2.24) is 9.55 Å². The van der Waals surface area contributed by atoms with Crippen molar-refractivity contribution in [2.45, 2.75) is 5.41 Å². The van der Waals surface area contributed by atoms with E-state index in [1.54, 1.807) is 0 Å². The van der Waals surface area contributed by atoms with Crippen molar-refractivity contribution in [3.8, 4) is 39.3 Å². The molecule has 4 heterocycles. The van der Waals surface area contributed by atoms with Gasteiger partial charge in [0.2, 0.25) is 0 Å². The van der Waals surface area contributed by atoms with Gasteiger partial charge in [-0.25, -0.2) is 4.98 Å². The predicted molar refractivity (Wildman–Crippen MR) is 240 cm³/mol. The molecule has 3 nitrogen and oxygen atoms in total. The van der Waals surface area contributed by atoms with Gasteiger partial charge in [0.25, 0.3) is 0 Å². The number of rotatable bonds is 4. The van der Waals surface area contributed by atoms with Gasteiger partial charge in [0.05, 0.1) is 33.5 Å². The second kappa shape index (κ2) is 12.5. The van der Waals surface area contributed by atoms with Crippen molar-refractivity contribution in [3.63, 3.8) is 0 Å². The molecule has 0 saturated heterocycles. The molecule has 0 bridgehead atoms. The van der Waals surface area contributed by atoms with Crippen molar-refractivity contribution in [3.05, 3.63) is 235 Å². The van der Waals surface area contributed by atoms with Crippen LogP contribution in [0.1, 0.15) is 22.3 Å². The Morgan fingerprint density at radius 3 is 1.79 bits per heavy atom. The van der Waals surface area contributed by atoms with Gasteiger partial charge in [-0.1, -0.05) is 182 Å². The first-order valence-corrected chi connectivity index (χ1v) is 21.5. The van der Waals surface area contributed by atoms with Crippen LogP contribution >= 0.6 is 7.14 Å². The van der Waals surface area contributed by atoms with Crippen LogP contribution in [0.2, 0.25) is 0 Å². The van der Waals surface area contributed by atoms with Crippen molar-refractivity contribution < 1.29 is 4.57 Å². The van der Waals surface area contributed by atoms with Crippen LogP contribution in [0.5, 0.6) is 0 Å². The van der Waals surface area contributed by atoms with Gasteiger partial charge < -0.3 is 9.13 Å². The number of fused-ring (bicyclic) bond motifs is 11. The fourth-order valence-corrected chi connectivity index (χ4v) is 13.2. The van der Waals surface area contributed by atoms with Crippen LogP contribution in [0.3, 0.4) is 0 Å². The predicted octanol–water partition coefficient (Wildman–Crippen LogP) is 11.8. The second-order valence-electron chi connectivity index (χ2n) is 15.4. The maximum atomic E-state index is 16.8. The Hall–Kier alpha value is -7.06. The molecule has 2 atom stereocenters. The standard InChI is InChI=1S/C54H35N2OP/c57-58(40-21-8-3-9-22-40)51-30-15-12-26-44(51)54(43-25-11-14-29-50(43)56-49-28-13-10-23-41(49)42-24-16-27-46(54)53(42)56)45-32-31-38(35-52(45)58)48-34-39(36-17-4-1-5-18-36)33-47(55-48)37-19-6-2-7-20-37/h1-35H. The van der Waals surface area contributed by atoms with Crippen LogP contribution < -0.4 is 15.9 Å². The minimum Gasteiger partial charge on any atom is -0.309 e. The van der Waals surface area contributed by atoms with Gasteiger partial charge in [-0.15, -0.1) is 0 Å². The van der Waals surface area contributed by atoms with E-state index in [4.69, 9.17) is 4.98 Å². The molecule has 12 rings (SSSR count). The average Bonchev–Trinajstić information content (AvgIpc) is 3.65. The molecular formula is C54H35N2OP. The van der Waals surface area contributed by atoms with Crippen molar-refractivity contribution in [2.24, 2.45) is 0 Å². The van der Waals surface area contributed by atoms with Gasteiger partial charge in [0, 0.05) is 37.8 Å². The molecule has 2 aliphatic heterocycles. The van der Waals surface area contributed by atoms with Crippen LogP contribution in [-0.2, 0) is 9.98 Å². The van der Waals surface area contributed by atoms with E-state index in [9.17, 15) is 0 Å². The lowest BCUT2D eigenvalue weighted by Crippen LogP contribution is -2.48. The highest BCUT2D eigenvalue weighted by atomic mass is 31.2. The van der Waals surface area contributed by atoms with Gasteiger partial charge >= 0.3 is 0 Å². The third-order valence-electron chi connectivity index (χ3n) is 12.5. The van der Waals surface area contributed by atoms with Gasteiger partial charge in [-0.3, -0.25) is 0 Å². The van der Waals surface area contributed by atoms with Crippen molar-refractivity contribution in [2.75, 3.05) is 0 Å². The van der Waals surface area contributed by atoms with Crippen LogP contribution in [0.15, 0.2) is 212 Å². The zero-order valence-electron chi connectivity index (χ0n) is 31.5. The molecule has 10 aromatic rings. The molecule has 2 unspecified atom stereocenters. The number of para-hydroxylation sites is 3. The Bertz CT molecular complexity index is 3260. The van der Waals surface area contributed by atoms with E-state index in [0.717, 1.165) is 66.4 Å². The molecular weight excluding hydrogens is 724 g/mol. The molecule has 0 saturated carbocycles. The minimum absolute atomic E-state index is 0.762. The van der Waals surface area contributed by atoms with E-state index in [-0.39, 0.29) is 0 Å². The SMILES string of the molecule is O=P1(c2ccccc2)c2ccccc2C2(c3ccccc3-n3c4ccccc4c4cccc2c43)c2ccc(-c3cc(-c4ccccc4)cc(-c4ccccc4)n3)cc21. The highest BCUT2D eigenvalue weighted by Crippen LogP contribution is 2.61. The summed E-state index contributed by atoms with van der Waals surface area (Å²) in [7, 11) is -3.46. The van der Waals surface area contributed by atoms with Crippen LogP contribution in [0.4, 0.5) is 0 Å². The molecule has 58 heavy (non-hydrogen) atoms. The smallest absolute Gasteiger partial charge is 0.171 e. The Morgan fingerprint density at radius 1 is 0.414 bits per heavy atom. The molecule has 0 N–H and O–H groups in total. The molecule has 0 radical (unpaired) electrons. The van der Waals surface area contributed by atoms with Crippen LogP contribution in [-0.4, -0.2) is 9.55 Å². The summed E-state index contributed by atoms with van der Waals surface area (Å²) >= 11 is 0. The van der Waals surface area contributed by atoms with Gasteiger partial charge in [-0.2, -0.15) is 0 Å². The lowest BCUT2D eigenvalue weighted by atomic mass is 9.62. The molecule has 1 spiro atoms. The summed E-state index contributed by atoms with van der Waals surface area (Å²) in [5.41, 5.74) is 13.1. The number of hydrogen-bond donors (Lipinski definition) is 0. The maximum Gasteiger partial charge on any atom is 0.171 e. The quantitative estimate of drug-likeness (QED) is 0.168. The number of nitrogens with zero attached hydrogens (tertiary/aromatic N) is 2. The molecule has 272 valence electrons. The first-order chi connectivity index (χ1) is 28.7. The lowest BCUT2D eigenvalue weighted by molar-refractivity contribution is 0.590. The number of aromatic nitrogens is 2. The normalized spacial score (nSPS) is 17.5. The fraction of sp³-hybridized carbons (Fsp3) is 0.0185. The third kappa shape index (κ3) is 4.45. The summed E-state index contributed by atoms with van der Waals surface area (Å²) in [6, 6.07) is 74.8. The Kier molecular flexibility index (Phi) is 7.12. The topological polar surface area (TPSA) is 34.9 Å². The summed E-state index contributed by atoms with van der Waals surface area (Å²) in [5.74, 6) is 0. The van der Waals surface area contributed by atoms with Gasteiger partial charge in [0.15, 0.2) is 7.14 Å². The molecule has 4 heteroatoms. The largest absolute Gasteiger partial charge is 0.309 e. The Balaban J connectivity index is 1.22. The van der Waals surface area contributed by atoms with Crippen LogP contribution in [0.25, 0.3) is 61.1 Å². The molecule has 0 aliphatic carbocycles. The van der Waals surface area contributed by atoms with Crippen molar-refractivity contribution in [1.29, 1.82) is 0 Å². The van der Waals surface area contributed by atoms with E-state index in [1.165, 1.54) is 32.9 Å². The number of benzene rings is 8. The van der Waals surface area contributed by atoms with E-state index in [1.807, 2.05) is 42.5 Å². The minimum atomic E-state index is -3.46. The summed E-state index contributed by atoms with van der Waals surface area (Å²) in [4.78, 5) is 5.35. The highest BCUT2D eigenvalue weighted by molar-refractivity contribution is 7.85. The lowest BCUT2D eigenvalue weighted by Gasteiger charge is -2.47. The summed E-state index contributed by atoms with van der Waals surface area (Å²) in [6.45, 7) is 0. The van der Waals surface area contributed by atoms with E-state index >= 15 is 4.57 Å². The van der Waals surface area contributed by atoms with E-state index < -0.39 is 12.6 Å². The van der Waals surface area contributed by atoms with Gasteiger partial charge in [-0.05, 0) is 63.7 Å². The Labute approximate surface area is 336 Å². The highest BCUT2D eigenvalue weighted by Gasteiger charge is 2.54. The van der Waals surface area contributed by atoms with E-state index in [2.05, 4.69) is 174 Å². The first kappa shape index (κ1) is 33.1. The molecule has 2 aromatic heterocycles. The monoisotopic (exact) mass is 758 g/mol. The fourth-order valence-electron chi connectivity index (χ4n) is 10.0. The summed E-state index contributed by atoms with van der Waals surface area (Å²) in [6.07, 6.45) is 0. The zero-order chi connectivity index (χ0) is 38.4. The van der Waals surface area contributed by atoms with E-state index in [0.29, 0.717) is 0 Å². The second-order valence-corrected chi connectivity index (χ2v) is 18.1.